The first-order valence-electron chi connectivity index (χ1n) is 5.33. The van der Waals surface area contributed by atoms with E-state index < -0.39 is 0 Å². The number of rotatable bonds is 3. The third-order valence-corrected chi connectivity index (χ3v) is 2.51. The molecule has 0 aliphatic rings. The molecule has 0 saturated heterocycles. The molecule has 0 bridgehead atoms. The summed E-state index contributed by atoms with van der Waals surface area (Å²) < 4.78 is 2.50. The van der Waals surface area contributed by atoms with Crippen molar-refractivity contribution < 1.29 is 4.74 Å². The van der Waals surface area contributed by atoms with Crippen molar-refractivity contribution in [2.45, 2.75) is 13.5 Å². The second-order valence-electron chi connectivity index (χ2n) is 3.91. The molecule has 1 aromatic heterocycles. The van der Waals surface area contributed by atoms with E-state index in [1.807, 2.05) is 31.2 Å². The first-order valence-corrected chi connectivity index (χ1v) is 5.33. The average molecular weight is 230 g/mol. The molecule has 0 atom stereocenters. The maximum Gasteiger partial charge on any atom is 0.215 e. The minimum absolute atomic E-state index is 0.420. The zero-order valence-electron chi connectivity index (χ0n) is 9.87. The van der Waals surface area contributed by atoms with Crippen LogP contribution in [0.5, 0.6) is 0 Å². The van der Waals surface area contributed by atoms with Crippen LogP contribution < -0.4 is 0 Å². The van der Waals surface area contributed by atoms with Gasteiger partial charge in [-0.2, -0.15) is 5.10 Å². The second kappa shape index (κ2) is 4.78. The Morgan fingerprint density at radius 3 is 2.88 bits per heavy atom. The third kappa shape index (κ3) is 2.69. The largest absolute Gasteiger partial charge is 0.624 e. The fourth-order valence-corrected chi connectivity index (χ4v) is 1.67. The van der Waals surface area contributed by atoms with Crippen LogP contribution in [0.2, 0.25) is 0 Å². The molecule has 0 N–H and O–H groups in total. The van der Waals surface area contributed by atoms with Crippen LogP contribution >= 0.6 is 0 Å². The van der Waals surface area contributed by atoms with Crippen molar-refractivity contribution in [2.24, 2.45) is 0 Å². The van der Waals surface area contributed by atoms with Gasteiger partial charge in [0.1, 0.15) is 26.2 Å². The Hall–Kier alpha value is -2.17. The summed E-state index contributed by atoms with van der Waals surface area (Å²) in [6, 6.07) is 7.85. The molecular formula is C12H14N4O. The van der Waals surface area contributed by atoms with Crippen molar-refractivity contribution in [1.82, 2.24) is 14.8 Å². The van der Waals surface area contributed by atoms with Gasteiger partial charge in [0, 0.05) is 5.56 Å². The summed E-state index contributed by atoms with van der Waals surface area (Å²) in [5.41, 5.74) is 2.71. The lowest BCUT2D eigenvalue weighted by Crippen LogP contribution is -2.20. The molecule has 0 radical (unpaired) electrons. The highest BCUT2D eigenvalue weighted by molar-refractivity contribution is 5.96. The van der Waals surface area contributed by atoms with Crippen LogP contribution in [0.4, 0.5) is 0 Å². The number of hydrogen-bond acceptors (Lipinski definition) is 3. The molecular weight excluding hydrogens is 216 g/mol. The Labute approximate surface area is 99.6 Å². The van der Waals surface area contributed by atoms with E-state index in [1.165, 1.54) is 13.4 Å². The van der Waals surface area contributed by atoms with Gasteiger partial charge in [-0.05, 0) is 19.1 Å². The Balaban J connectivity index is 2.34. The molecule has 2 rings (SSSR count). The quantitative estimate of drug-likeness (QED) is 0.345. The molecule has 1 aromatic carbocycles. The molecule has 88 valence electrons. The van der Waals surface area contributed by atoms with Crippen LogP contribution in [0.15, 0.2) is 36.9 Å². The maximum absolute atomic E-state index is 11.6. The van der Waals surface area contributed by atoms with Gasteiger partial charge in [0.15, 0.2) is 0 Å². The van der Waals surface area contributed by atoms with Gasteiger partial charge in [-0.15, -0.1) is 0 Å². The summed E-state index contributed by atoms with van der Waals surface area (Å²) in [5.74, 6) is 0. The van der Waals surface area contributed by atoms with Crippen molar-refractivity contribution in [3.63, 3.8) is 0 Å². The maximum atomic E-state index is 11.6. The zero-order valence-corrected chi connectivity index (χ0v) is 9.87. The molecule has 0 fully saturated rings. The third-order valence-electron chi connectivity index (χ3n) is 2.51. The van der Waals surface area contributed by atoms with Crippen molar-refractivity contribution in [3.8, 4) is 0 Å². The molecule has 0 unspecified atom stereocenters. The van der Waals surface area contributed by atoms with Gasteiger partial charge >= 0.3 is 0 Å². The fraction of sp³-hybridized carbons (Fsp3) is 0.250. The van der Waals surface area contributed by atoms with Crippen LogP contribution in [0.25, 0.3) is 0 Å². The standard InChI is InChI=1S/C12H14N4O/c1-10-4-3-5-11(6-10)12(15(2)17)7-16-9-13-8-14-16/h3-6,8-9H,7H2,1-2H3. The minimum atomic E-state index is 0.420. The van der Waals surface area contributed by atoms with Crippen LogP contribution in [0, 0.1) is 12.1 Å². The molecule has 17 heavy (non-hydrogen) atoms. The van der Waals surface area contributed by atoms with Crippen molar-refractivity contribution >= 4 is 5.71 Å². The number of aromatic nitrogens is 3. The second-order valence-corrected chi connectivity index (χ2v) is 3.91. The summed E-state index contributed by atoms with van der Waals surface area (Å²) >= 11 is 0. The molecule has 0 amide bonds. The summed E-state index contributed by atoms with van der Waals surface area (Å²) in [5, 5.41) is 15.6. The van der Waals surface area contributed by atoms with E-state index >= 15 is 0 Å². The van der Waals surface area contributed by atoms with Crippen LogP contribution in [-0.4, -0.2) is 32.3 Å². The molecule has 0 saturated carbocycles. The first kappa shape index (κ1) is 11.3. The summed E-state index contributed by atoms with van der Waals surface area (Å²) in [6.45, 7) is 2.42. The van der Waals surface area contributed by atoms with Gasteiger partial charge in [0.2, 0.25) is 5.71 Å². The highest BCUT2D eigenvalue weighted by atomic mass is 16.5. The van der Waals surface area contributed by atoms with Gasteiger partial charge in [-0.3, -0.25) is 0 Å². The van der Waals surface area contributed by atoms with E-state index in [0.29, 0.717) is 12.3 Å². The van der Waals surface area contributed by atoms with Gasteiger partial charge in [-0.25, -0.2) is 14.4 Å². The van der Waals surface area contributed by atoms with Crippen LogP contribution in [-0.2, 0) is 6.54 Å². The van der Waals surface area contributed by atoms with Gasteiger partial charge < -0.3 is 5.21 Å². The van der Waals surface area contributed by atoms with Gasteiger partial charge in [0.05, 0.1) is 0 Å². The first-order chi connectivity index (χ1) is 8.16. The number of aryl methyl sites for hydroxylation is 1. The predicted molar refractivity (Wildman–Crippen MR) is 64.9 cm³/mol. The van der Waals surface area contributed by atoms with E-state index in [1.54, 1.807) is 11.0 Å². The summed E-state index contributed by atoms with van der Waals surface area (Å²) in [6.07, 6.45) is 3.05. The SMILES string of the molecule is Cc1cccc(C(Cn2cncn2)=[N+](C)[O-])c1. The van der Waals surface area contributed by atoms with Crippen molar-refractivity contribution in [3.05, 3.63) is 53.3 Å². The minimum Gasteiger partial charge on any atom is -0.624 e. The Morgan fingerprint density at radius 2 is 2.29 bits per heavy atom. The fourth-order valence-electron chi connectivity index (χ4n) is 1.67. The Kier molecular flexibility index (Phi) is 3.18. The lowest BCUT2D eigenvalue weighted by Gasteiger charge is -2.08. The summed E-state index contributed by atoms with van der Waals surface area (Å²) in [7, 11) is 1.49. The Bertz CT molecular complexity index is 527. The van der Waals surface area contributed by atoms with Gasteiger partial charge in [-0.1, -0.05) is 17.7 Å². The highest BCUT2D eigenvalue weighted by Gasteiger charge is 2.12. The van der Waals surface area contributed by atoms with Crippen LogP contribution in [0.1, 0.15) is 11.1 Å². The van der Waals surface area contributed by atoms with Crippen LogP contribution in [0.3, 0.4) is 0 Å². The topological polar surface area (TPSA) is 56.8 Å². The normalized spacial score (nSPS) is 12.4. The van der Waals surface area contributed by atoms with Gasteiger partial charge in [0.25, 0.3) is 0 Å². The number of hydrogen-bond donors (Lipinski definition) is 0. The zero-order chi connectivity index (χ0) is 12.3. The molecule has 5 nitrogen and oxygen atoms in total. The van der Waals surface area contributed by atoms with E-state index in [0.717, 1.165) is 15.9 Å². The van der Waals surface area contributed by atoms with Crippen molar-refractivity contribution in [1.29, 1.82) is 0 Å². The summed E-state index contributed by atoms with van der Waals surface area (Å²) in [4.78, 5) is 3.86. The molecule has 0 aliphatic heterocycles. The lowest BCUT2D eigenvalue weighted by molar-refractivity contribution is -0.423. The molecule has 5 heteroatoms. The molecule has 2 aromatic rings. The predicted octanol–water partition coefficient (Wildman–Crippen LogP) is 1.22. The monoisotopic (exact) mass is 230 g/mol. The van der Waals surface area contributed by atoms with E-state index in [4.69, 9.17) is 0 Å². The van der Waals surface area contributed by atoms with E-state index in [9.17, 15) is 5.21 Å². The molecule has 0 spiro atoms. The van der Waals surface area contributed by atoms with Crippen molar-refractivity contribution in [2.75, 3.05) is 7.05 Å². The number of benzene rings is 1. The van der Waals surface area contributed by atoms with E-state index in [-0.39, 0.29) is 0 Å². The number of hydroxylamine groups is 1. The average Bonchev–Trinajstić information content (AvgIpc) is 2.78. The smallest absolute Gasteiger partial charge is 0.215 e. The van der Waals surface area contributed by atoms with E-state index in [2.05, 4.69) is 10.1 Å². The highest BCUT2D eigenvalue weighted by Crippen LogP contribution is 2.06. The molecule has 0 aliphatic carbocycles. The Morgan fingerprint density at radius 1 is 1.47 bits per heavy atom. The molecule has 1 heterocycles. The number of nitrogens with zero attached hydrogens (tertiary/aromatic N) is 4. The lowest BCUT2D eigenvalue weighted by atomic mass is 10.1.